The molecular weight excluding hydrogens is 316 g/mol. The first-order valence-electron chi connectivity index (χ1n) is 7.09. The summed E-state index contributed by atoms with van der Waals surface area (Å²) in [6.07, 6.45) is 2.57. The molecule has 8 heteroatoms. The Morgan fingerprint density at radius 2 is 2.30 bits per heavy atom. The van der Waals surface area contributed by atoms with Gasteiger partial charge in [0.15, 0.2) is 5.82 Å². The maximum absolute atomic E-state index is 12.2. The van der Waals surface area contributed by atoms with E-state index >= 15 is 0 Å². The number of urea groups is 1. The van der Waals surface area contributed by atoms with E-state index in [0.29, 0.717) is 24.7 Å². The molecule has 7 nitrogen and oxygen atoms in total. The van der Waals surface area contributed by atoms with Crippen molar-refractivity contribution in [3.63, 3.8) is 0 Å². The highest BCUT2D eigenvalue weighted by molar-refractivity contribution is 7.98. The molecule has 1 aromatic carbocycles. The number of hydrogen-bond donors (Lipinski definition) is 1. The maximum Gasteiger partial charge on any atom is 0.322 e. The van der Waals surface area contributed by atoms with Crippen molar-refractivity contribution in [1.29, 1.82) is 0 Å². The molecule has 1 heterocycles. The summed E-state index contributed by atoms with van der Waals surface area (Å²) in [7, 11) is 3.29. The predicted molar refractivity (Wildman–Crippen MR) is 88.6 cm³/mol. The Hall–Kier alpha value is -2.06. The third kappa shape index (κ3) is 5.26. The quantitative estimate of drug-likeness (QED) is 0.783. The Labute approximate surface area is 139 Å². The van der Waals surface area contributed by atoms with Gasteiger partial charge in [0.2, 0.25) is 5.89 Å². The summed E-state index contributed by atoms with van der Waals surface area (Å²) < 4.78 is 10.1. The van der Waals surface area contributed by atoms with Gasteiger partial charge in [0, 0.05) is 31.2 Å². The van der Waals surface area contributed by atoms with Crippen LogP contribution in [0.2, 0.25) is 0 Å². The molecule has 2 rings (SSSR count). The van der Waals surface area contributed by atoms with E-state index in [9.17, 15) is 4.79 Å². The van der Waals surface area contributed by atoms with E-state index in [-0.39, 0.29) is 12.6 Å². The number of benzene rings is 1. The third-order valence-corrected chi connectivity index (χ3v) is 3.81. The van der Waals surface area contributed by atoms with Crippen molar-refractivity contribution in [2.45, 2.75) is 17.9 Å². The molecule has 1 N–H and O–H groups in total. The highest BCUT2D eigenvalue weighted by Crippen LogP contribution is 2.19. The summed E-state index contributed by atoms with van der Waals surface area (Å²) in [4.78, 5) is 19.0. The van der Waals surface area contributed by atoms with E-state index in [2.05, 4.69) is 15.5 Å². The molecule has 0 aliphatic carbocycles. The minimum atomic E-state index is -0.236. The molecule has 0 spiro atoms. The molecule has 0 radical (unpaired) electrons. The second-order valence-corrected chi connectivity index (χ2v) is 5.74. The number of carbonyl (C=O) groups is 1. The van der Waals surface area contributed by atoms with Crippen LogP contribution in [0.1, 0.15) is 11.7 Å². The standard InChI is InChI=1S/C15H20N4O3S/c1-19(10-14-17-13(18-22-14)7-8-21-2)15(20)16-11-5-4-6-12(9-11)23-3/h4-6,9H,7-8,10H2,1-3H3,(H,16,20). The summed E-state index contributed by atoms with van der Waals surface area (Å²) in [5, 5.41) is 6.69. The van der Waals surface area contributed by atoms with Gasteiger partial charge in [-0.15, -0.1) is 11.8 Å². The number of nitrogens with one attached hydrogen (secondary N) is 1. The lowest BCUT2D eigenvalue weighted by atomic mass is 10.3. The Morgan fingerprint density at radius 3 is 3.04 bits per heavy atom. The lowest BCUT2D eigenvalue weighted by Crippen LogP contribution is -2.31. The zero-order valence-corrected chi connectivity index (χ0v) is 14.2. The Bertz CT molecular complexity index is 647. The lowest BCUT2D eigenvalue weighted by molar-refractivity contribution is 0.199. The number of nitrogens with zero attached hydrogens (tertiary/aromatic N) is 3. The first-order valence-corrected chi connectivity index (χ1v) is 8.31. The van der Waals surface area contributed by atoms with Gasteiger partial charge in [0.25, 0.3) is 0 Å². The first kappa shape index (κ1) is 17.3. The zero-order valence-electron chi connectivity index (χ0n) is 13.4. The number of amides is 2. The number of ether oxygens (including phenoxy) is 1. The highest BCUT2D eigenvalue weighted by Gasteiger charge is 2.14. The van der Waals surface area contributed by atoms with Gasteiger partial charge in [-0.2, -0.15) is 4.98 Å². The van der Waals surface area contributed by atoms with Crippen LogP contribution >= 0.6 is 11.8 Å². The molecule has 2 aromatic rings. The van der Waals surface area contributed by atoms with Crippen molar-refractivity contribution in [3.8, 4) is 0 Å². The van der Waals surface area contributed by atoms with E-state index in [4.69, 9.17) is 9.26 Å². The molecule has 1 aromatic heterocycles. The van der Waals surface area contributed by atoms with Gasteiger partial charge < -0.3 is 19.5 Å². The van der Waals surface area contributed by atoms with Gasteiger partial charge in [-0.3, -0.25) is 0 Å². The van der Waals surface area contributed by atoms with Crippen LogP contribution in [-0.4, -0.2) is 48.1 Å². The van der Waals surface area contributed by atoms with Crippen molar-refractivity contribution < 1.29 is 14.1 Å². The molecule has 0 saturated heterocycles. The summed E-state index contributed by atoms with van der Waals surface area (Å²) in [6.45, 7) is 0.773. The van der Waals surface area contributed by atoms with Crippen LogP contribution in [0.3, 0.4) is 0 Å². The Morgan fingerprint density at radius 1 is 1.48 bits per heavy atom. The van der Waals surface area contributed by atoms with E-state index in [1.807, 2.05) is 30.5 Å². The highest BCUT2D eigenvalue weighted by atomic mass is 32.2. The number of carbonyl (C=O) groups excluding carboxylic acids is 1. The number of anilines is 1. The largest absolute Gasteiger partial charge is 0.384 e. The zero-order chi connectivity index (χ0) is 16.7. The average Bonchev–Trinajstić information content (AvgIpc) is 3.00. The minimum Gasteiger partial charge on any atom is -0.384 e. The fraction of sp³-hybridized carbons (Fsp3) is 0.400. The van der Waals surface area contributed by atoms with E-state index in [1.54, 1.807) is 25.9 Å². The molecule has 0 bridgehead atoms. The topological polar surface area (TPSA) is 80.5 Å². The van der Waals surface area contributed by atoms with E-state index in [0.717, 1.165) is 10.6 Å². The fourth-order valence-electron chi connectivity index (χ4n) is 1.84. The Balaban J connectivity index is 1.90. The van der Waals surface area contributed by atoms with Gasteiger partial charge in [-0.1, -0.05) is 11.2 Å². The van der Waals surface area contributed by atoms with Crippen molar-refractivity contribution in [1.82, 2.24) is 15.0 Å². The minimum absolute atomic E-state index is 0.236. The van der Waals surface area contributed by atoms with Crippen molar-refractivity contribution in [2.75, 3.05) is 32.3 Å². The maximum atomic E-state index is 12.2. The van der Waals surface area contributed by atoms with Gasteiger partial charge >= 0.3 is 6.03 Å². The molecule has 0 aliphatic heterocycles. The second kappa shape index (κ2) is 8.54. The second-order valence-electron chi connectivity index (χ2n) is 4.87. The van der Waals surface area contributed by atoms with Crippen LogP contribution in [0.15, 0.2) is 33.7 Å². The smallest absolute Gasteiger partial charge is 0.322 e. The van der Waals surface area contributed by atoms with Crippen LogP contribution in [0, 0.1) is 0 Å². The number of hydrogen-bond acceptors (Lipinski definition) is 6. The number of aromatic nitrogens is 2. The molecular formula is C15H20N4O3S. The first-order chi connectivity index (χ1) is 11.1. The number of thioether (sulfide) groups is 1. The molecule has 0 saturated carbocycles. The van der Waals surface area contributed by atoms with Gasteiger partial charge in [-0.25, -0.2) is 4.79 Å². The SMILES string of the molecule is COCCc1noc(CN(C)C(=O)Nc2cccc(SC)c2)n1. The molecule has 23 heavy (non-hydrogen) atoms. The van der Waals surface area contributed by atoms with Crippen molar-refractivity contribution in [3.05, 3.63) is 36.0 Å². The summed E-state index contributed by atoms with van der Waals surface area (Å²) in [5.41, 5.74) is 0.750. The molecule has 124 valence electrons. The van der Waals surface area contributed by atoms with Crippen LogP contribution in [0.4, 0.5) is 10.5 Å². The third-order valence-electron chi connectivity index (χ3n) is 3.08. The summed E-state index contributed by atoms with van der Waals surface area (Å²) >= 11 is 1.62. The van der Waals surface area contributed by atoms with Crippen LogP contribution in [-0.2, 0) is 17.7 Å². The van der Waals surface area contributed by atoms with Crippen LogP contribution < -0.4 is 5.32 Å². The molecule has 0 aliphatic rings. The van der Waals surface area contributed by atoms with Gasteiger partial charge in [0.1, 0.15) is 6.54 Å². The van der Waals surface area contributed by atoms with E-state index < -0.39 is 0 Å². The van der Waals surface area contributed by atoms with Crippen molar-refractivity contribution >= 4 is 23.5 Å². The monoisotopic (exact) mass is 336 g/mol. The number of rotatable bonds is 7. The Kier molecular flexibility index (Phi) is 6.42. The molecule has 2 amide bonds. The van der Waals surface area contributed by atoms with Gasteiger partial charge in [-0.05, 0) is 24.5 Å². The van der Waals surface area contributed by atoms with Gasteiger partial charge in [0.05, 0.1) is 6.61 Å². The molecule has 0 unspecified atom stereocenters. The number of methoxy groups -OCH3 is 1. The summed E-state index contributed by atoms with van der Waals surface area (Å²) in [5.74, 6) is 0.968. The molecule has 0 atom stereocenters. The fourth-order valence-corrected chi connectivity index (χ4v) is 2.30. The van der Waals surface area contributed by atoms with Crippen molar-refractivity contribution in [2.24, 2.45) is 0 Å². The van der Waals surface area contributed by atoms with Crippen LogP contribution in [0.5, 0.6) is 0 Å². The van der Waals surface area contributed by atoms with E-state index in [1.165, 1.54) is 4.90 Å². The summed E-state index contributed by atoms with van der Waals surface area (Å²) in [6, 6.07) is 7.43. The van der Waals surface area contributed by atoms with Crippen LogP contribution in [0.25, 0.3) is 0 Å². The molecule has 0 fully saturated rings. The average molecular weight is 336 g/mol. The lowest BCUT2D eigenvalue weighted by Gasteiger charge is -2.16. The normalized spacial score (nSPS) is 10.6. The predicted octanol–water partition coefficient (Wildman–Crippen LogP) is 2.64.